The normalized spacial score (nSPS) is 11.7. The number of anilines is 1. The highest BCUT2D eigenvalue weighted by Crippen LogP contribution is 2.32. The van der Waals surface area contributed by atoms with Gasteiger partial charge in [0.25, 0.3) is 0 Å². The molecule has 0 bridgehead atoms. The Hall–Kier alpha value is -2.12. The van der Waals surface area contributed by atoms with Crippen molar-refractivity contribution in [3.05, 3.63) is 64.7 Å². The van der Waals surface area contributed by atoms with E-state index in [1.54, 1.807) is 6.07 Å². The molecule has 4 nitrogen and oxygen atoms in total. The maximum absolute atomic E-state index is 13.1. The molecule has 0 aliphatic rings. The molecule has 1 atom stereocenters. The standard InChI is InChI=1S/C18H17ClF2N2O2S/c1-11(13-4-2-3-5-14(13)19)26-10-18(25)22-9-17(24)23-12-6-7-15(20)16(21)8-12/h2-8,11H,9-10H2,1H3,(H,22,25)(H,23,24). The maximum atomic E-state index is 13.1. The summed E-state index contributed by atoms with van der Waals surface area (Å²) >= 11 is 7.51. The van der Waals surface area contributed by atoms with Gasteiger partial charge in [-0.15, -0.1) is 11.8 Å². The molecule has 2 amide bonds. The zero-order chi connectivity index (χ0) is 19.1. The van der Waals surface area contributed by atoms with Crippen LogP contribution in [0, 0.1) is 11.6 Å². The molecule has 2 N–H and O–H groups in total. The van der Waals surface area contributed by atoms with Crippen molar-refractivity contribution in [3.63, 3.8) is 0 Å². The van der Waals surface area contributed by atoms with Gasteiger partial charge in [-0.1, -0.05) is 29.8 Å². The third-order valence-electron chi connectivity index (χ3n) is 3.46. The molecule has 0 saturated heterocycles. The quantitative estimate of drug-likeness (QED) is 0.736. The Morgan fingerprint density at radius 1 is 1.12 bits per heavy atom. The Balaban J connectivity index is 1.75. The lowest BCUT2D eigenvalue weighted by Gasteiger charge is -2.13. The van der Waals surface area contributed by atoms with Crippen molar-refractivity contribution in [1.82, 2.24) is 5.32 Å². The summed E-state index contributed by atoms with van der Waals surface area (Å²) in [5, 5.41) is 5.51. The highest BCUT2D eigenvalue weighted by atomic mass is 35.5. The summed E-state index contributed by atoms with van der Waals surface area (Å²) in [6.07, 6.45) is 0. The molecule has 0 fully saturated rings. The topological polar surface area (TPSA) is 58.2 Å². The first kappa shape index (κ1) is 20.2. The fourth-order valence-electron chi connectivity index (χ4n) is 2.10. The van der Waals surface area contributed by atoms with Gasteiger partial charge >= 0.3 is 0 Å². The van der Waals surface area contributed by atoms with E-state index in [2.05, 4.69) is 10.6 Å². The van der Waals surface area contributed by atoms with Crippen LogP contribution in [-0.4, -0.2) is 24.1 Å². The van der Waals surface area contributed by atoms with Crippen LogP contribution in [-0.2, 0) is 9.59 Å². The van der Waals surface area contributed by atoms with Gasteiger partial charge in [0, 0.05) is 22.0 Å². The molecule has 0 aliphatic heterocycles. The van der Waals surface area contributed by atoms with Gasteiger partial charge < -0.3 is 10.6 Å². The first-order chi connectivity index (χ1) is 12.4. The SMILES string of the molecule is CC(SCC(=O)NCC(=O)Nc1ccc(F)c(F)c1)c1ccccc1Cl. The summed E-state index contributed by atoms with van der Waals surface area (Å²) < 4.78 is 25.9. The van der Waals surface area contributed by atoms with Crippen LogP contribution in [0.1, 0.15) is 17.7 Å². The van der Waals surface area contributed by atoms with Gasteiger partial charge in [0.2, 0.25) is 11.8 Å². The second kappa shape index (κ2) is 9.54. The van der Waals surface area contributed by atoms with Gasteiger partial charge in [-0.3, -0.25) is 9.59 Å². The molecule has 138 valence electrons. The fraction of sp³-hybridized carbons (Fsp3) is 0.222. The maximum Gasteiger partial charge on any atom is 0.243 e. The number of benzene rings is 2. The van der Waals surface area contributed by atoms with E-state index in [0.29, 0.717) is 5.02 Å². The van der Waals surface area contributed by atoms with E-state index in [1.165, 1.54) is 17.8 Å². The zero-order valence-corrected chi connectivity index (χ0v) is 15.5. The average molecular weight is 399 g/mol. The van der Waals surface area contributed by atoms with Crippen molar-refractivity contribution in [2.45, 2.75) is 12.2 Å². The third kappa shape index (κ3) is 6.00. The van der Waals surface area contributed by atoms with E-state index in [4.69, 9.17) is 11.6 Å². The van der Waals surface area contributed by atoms with Crippen LogP contribution in [0.5, 0.6) is 0 Å². The number of thioether (sulfide) groups is 1. The second-order valence-corrected chi connectivity index (χ2v) is 7.16. The molecular formula is C18H17ClF2N2O2S. The molecule has 0 saturated carbocycles. The molecule has 2 aromatic carbocycles. The Labute approximate surface area is 159 Å². The van der Waals surface area contributed by atoms with E-state index >= 15 is 0 Å². The van der Waals surface area contributed by atoms with Gasteiger partial charge in [-0.05, 0) is 30.7 Å². The van der Waals surface area contributed by atoms with Crippen molar-refractivity contribution in [1.29, 1.82) is 0 Å². The number of hydrogen-bond donors (Lipinski definition) is 2. The Kier molecular flexibility index (Phi) is 7.41. The van der Waals surface area contributed by atoms with E-state index in [1.807, 2.05) is 25.1 Å². The summed E-state index contributed by atoms with van der Waals surface area (Å²) in [6, 6.07) is 10.4. The van der Waals surface area contributed by atoms with Crippen LogP contribution in [0.4, 0.5) is 14.5 Å². The molecule has 1 unspecified atom stereocenters. The summed E-state index contributed by atoms with van der Waals surface area (Å²) in [5.41, 5.74) is 1.05. The number of halogens is 3. The number of nitrogens with one attached hydrogen (secondary N) is 2. The Morgan fingerprint density at radius 3 is 2.54 bits per heavy atom. The summed E-state index contributed by atoms with van der Waals surface area (Å²) in [4.78, 5) is 23.6. The molecule has 2 rings (SSSR count). The predicted octanol–water partition coefficient (Wildman–Crippen LogP) is 4.17. The Bertz CT molecular complexity index is 805. The van der Waals surface area contributed by atoms with E-state index in [-0.39, 0.29) is 29.1 Å². The van der Waals surface area contributed by atoms with Crippen molar-refractivity contribution in [2.75, 3.05) is 17.6 Å². The molecule has 0 spiro atoms. The van der Waals surface area contributed by atoms with Crippen LogP contribution in [0.3, 0.4) is 0 Å². The highest BCUT2D eigenvalue weighted by molar-refractivity contribution is 8.00. The van der Waals surface area contributed by atoms with Crippen LogP contribution in [0.2, 0.25) is 5.02 Å². The minimum absolute atomic E-state index is 0.0190. The fourth-order valence-corrected chi connectivity index (χ4v) is 3.36. The minimum Gasteiger partial charge on any atom is -0.346 e. The lowest BCUT2D eigenvalue weighted by Crippen LogP contribution is -2.34. The van der Waals surface area contributed by atoms with Crippen LogP contribution >= 0.6 is 23.4 Å². The van der Waals surface area contributed by atoms with E-state index in [0.717, 1.165) is 17.7 Å². The third-order valence-corrected chi connectivity index (χ3v) is 4.98. The summed E-state index contributed by atoms with van der Waals surface area (Å²) in [6.45, 7) is 1.67. The monoisotopic (exact) mass is 398 g/mol. The largest absolute Gasteiger partial charge is 0.346 e. The molecular weight excluding hydrogens is 382 g/mol. The molecule has 0 aromatic heterocycles. The molecule has 2 aromatic rings. The van der Waals surface area contributed by atoms with E-state index < -0.39 is 17.5 Å². The minimum atomic E-state index is -1.06. The van der Waals surface area contributed by atoms with Crippen molar-refractivity contribution >= 4 is 40.9 Å². The molecule has 0 radical (unpaired) electrons. The zero-order valence-electron chi connectivity index (χ0n) is 13.9. The van der Waals surface area contributed by atoms with Gasteiger partial charge in [0.15, 0.2) is 11.6 Å². The highest BCUT2D eigenvalue weighted by Gasteiger charge is 2.13. The number of carbonyl (C=O) groups excluding carboxylic acids is 2. The van der Waals surface area contributed by atoms with Gasteiger partial charge in [-0.2, -0.15) is 0 Å². The van der Waals surface area contributed by atoms with Crippen molar-refractivity contribution in [2.24, 2.45) is 0 Å². The number of amides is 2. The molecule has 0 heterocycles. The number of carbonyl (C=O) groups is 2. The number of hydrogen-bond acceptors (Lipinski definition) is 3. The smallest absolute Gasteiger partial charge is 0.243 e. The Morgan fingerprint density at radius 2 is 1.85 bits per heavy atom. The molecule has 26 heavy (non-hydrogen) atoms. The van der Waals surface area contributed by atoms with Crippen LogP contribution < -0.4 is 10.6 Å². The second-order valence-electron chi connectivity index (χ2n) is 5.43. The van der Waals surface area contributed by atoms with Gasteiger partial charge in [0.05, 0.1) is 12.3 Å². The lowest BCUT2D eigenvalue weighted by atomic mass is 10.2. The van der Waals surface area contributed by atoms with Gasteiger partial charge in [-0.25, -0.2) is 8.78 Å². The predicted molar refractivity (Wildman–Crippen MR) is 100 cm³/mol. The molecule has 0 aliphatic carbocycles. The first-order valence-electron chi connectivity index (χ1n) is 7.74. The van der Waals surface area contributed by atoms with Crippen LogP contribution in [0.25, 0.3) is 0 Å². The summed E-state index contributed by atoms with van der Waals surface area (Å²) in [7, 11) is 0. The van der Waals surface area contributed by atoms with Crippen LogP contribution in [0.15, 0.2) is 42.5 Å². The molecule has 8 heteroatoms. The first-order valence-corrected chi connectivity index (χ1v) is 9.17. The summed E-state index contributed by atoms with van der Waals surface area (Å²) in [5.74, 6) is -2.74. The lowest BCUT2D eigenvalue weighted by molar-refractivity contribution is -0.122. The van der Waals surface area contributed by atoms with E-state index in [9.17, 15) is 18.4 Å². The number of rotatable bonds is 7. The van der Waals surface area contributed by atoms with Crippen molar-refractivity contribution in [3.8, 4) is 0 Å². The van der Waals surface area contributed by atoms with Crippen molar-refractivity contribution < 1.29 is 18.4 Å². The van der Waals surface area contributed by atoms with Gasteiger partial charge in [0.1, 0.15) is 0 Å². The average Bonchev–Trinajstić information content (AvgIpc) is 2.61.